The molecule has 1 N–H and O–H groups in total. The molecule has 2 aromatic carbocycles. The van der Waals surface area contributed by atoms with E-state index >= 15 is 0 Å². The van der Waals surface area contributed by atoms with Crippen LogP contribution >= 0.6 is 0 Å². The molecule has 128 valence electrons. The number of nitrogens with one attached hydrogen (secondary N) is 1. The number of rotatable bonds is 7. The molecule has 0 fully saturated rings. The molecule has 1 amide bonds. The lowest BCUT2D eigenvalue weighted by atomic mass is 10.1. The summed E-state index contributed by atoms with van der Waals surface area (Å²) in [5.41, 5.74) is 0.813. The summed E-state index contributed by atoms with van der Waals surface area (Å²) >= 11 is 0. The molecule has 0 saturated carbocycles. The van der Waals surface area contributed by atoms with Crippen molar-refractivity contribution in [2.75, 3.05) is 20.8 Å². The van der Waals surface area contributed by atoms with Crippen molar-refractivity contribution in [1.82, 2.24) is 5.32 Å². The van der Waals surface area contributed by atoms with Crippen molar-refractivity contribution in [3.63, 3.8) is 0 Å². The average molecular weight is 333 g/mol. The molecule has 0 unspecified atom stereocenters. The molecule has 0 aliphatic heterocycles. The van der Waals surface area contributed by atoms with E-state index in [0.29, 0.717) is 17.2 Å². The number of ether oxygens (including phenoxy) is 3. The summed E-state index contributed by atoms with van der Waals surface area (Å²) in [7, 11) is 3.07. The Bertz CT molecular complexity index is 666. The third-order valence-corrected chi connectivity index (χ3v) is 3.44. The Hall–Kier alpha value is -2.76. The first kappa shape index (κ1) is 17.6. The van der Waals surface area contributed by atoms with Gasteiger partial charge in [-0.3, -0.25) is 4.79 Å². The lowest BCUT2D eigenvalue weighted by molar-refractivity contribution is -0.123. The van der Waals surface area contributed by atoms with Gasteiger partial charge < -0.3 is 19.5 Å². The van der Waals surface area contributed by atoms with E-state index in [0.717, 1.165) is 5.56 Å². The SMILES string of the molecule is COc1cc(OC)cc(OCC(=O)N[C@H](C)c2ccc(F)cc2)c1. The maximum Gasteiger partial charge on any atom is 0.258 e. The summed E-state index contributed by atoms with van der Waals surface area (Å²) in [6, 6.07) is 10.8. The quantitative estimate of drug-likeness (QED) is 0.846. The first-order chi connectivity index (χ1) is 11.5. The van der Waals surface area contributed by atoms with Gasteiger partial charge in [-0.15, -0.1) is 0 Å². The molecule has 0 spiro atoms. The molecule has 0 aliphatic rings. The van der Waals surface area contributed by atoms with Crippen LogP contribution in [0.15, 0.2) is 42.5 Å². The van der Waals surface area contributed by atoms with Crippen molar-refractivity contribution >= 4 is 5.91 Å². The second-order valence-corrected chi connectivity index (χ2v) is 5.18. The molecule has 2 rings (SSSR count). The van der Waals surface area contributed by atoms with Crippen LogP contribution in [-0.2, 0) is 4.79 Å². The van der Waals surface area contributed by atoms with E-state index in [1.165, 1.54) is 26.4 Å². The molecule has 5 nitrogen and oxygen atoms in total. The first-order valence-electron chi connectivity index (χ1n) is 7.42. The Labute approximate surface area is 140 Å². The molecule has 0 saturated heterocycles. The van der Waals surface area contributed by atoms with E-state index in [1.54, 1.807) is 30.3 Å². The Balaban J connectivity index is 1.92. The van der Waals surface area contributed by atoms with Crippen molar-refractivity contribution in [1.29, 1.82) is 0 Å². The molecule has 24 heavy (non-hydrogen) atoms. The summed E-state index contributed by atoms with van der Waals surface area (Å²) in [6.45, 7) is 1.67. The van der Waals surface area contributed by atoms with Crippen LogP contribution in [0.2, 0.25) is 0 Å². The highest BCUT2D eigenvalue weighted by Crippen LogP contribution is 2.27. The topological polar surface area (TPSA) is 56.8 Å². The number of halogens is 1. The fraction of sp³-hybridized carbons (Fsp3) is 0.278. The minimum Gasteiger partial charge on any atom is -0.496 e. The van der Waals surface area contributed by atoms with Gasteiger partial charge in [0.05, 0.1) is 20.3 Å². The first-order valence-corrected chi connectivity index (χ1v) is 7.42. The third-order valence-electron chi connectivity index (χ3n) is 3.44. The number of benzene rings is 2. The minimum atomic E-state index is -0.312. The van der Waals surface area contributed by atoms with Crippen molar-refractivity contribution in [2.45, 2.75) is 13.0 Å². The summed E-state index contributed by atoms with van der Waals surface area (Å²) in [5.74, 6) is 1.02. The van der Waals surface area contributed by atoms with Gasteiger partial charge in [-0.2, -0.15) is 0 Å². The monoisotopic (exact) mass is 333 g/mol. The summed E-state index contributed by atoms with van der Waals surface area (Å²) in [6.07, 6.45) is 0. The van der Waals surface area contributed by atoms with Gasteiger partial charge in [-0.25, -0.2) is 4.39 Å². The lowest BCUT2D eigenvalue weighted by Gasteiger charge is -2.15. The zero-order chi connectivity index (χ0) is 17.5. The van der Waals surface area contributed by atoms with Gasteiger partial charge in [0, 0.05) is 18.2 Å². The lowest BCUT2D eigenvalue weighted by Crippen LogP contribution is -2.31. The van der Waals surface area contributed by atoms with Crippen LogP contribution in [-0.4, -0.2) is 26.7 Å². The van der Waals surface area contributed by atoms with Crippen LogP contribution in [0.1, 0.15) is 18.5 Å². The van der Waals surface area contributed by atoms with Crippen molar-refractivity contribution in [3.05, 3.63) is 53.8 Å². The van der Waals surface area contributed by atoms with Crippen molar-refractivity contribution in [2.24, 2.45) is 0 Å². The maximum atomic E-state index is 12.9. The fourth-order valence-electron chi connectivity index (χ4n) is 2.13. The van der Waals surface area contributed by atoms with E-state index in [2.05, 4.69) is 5.32 Å². The molecular weight excluding hydrogens is 313 g/mol. The zero-order valence-electron chi connectivity index (χ0n) is 13.8. The van der Waals surface area contributed by atoms with Crippen LogP contribution in [0.3, 0.4) is 0 Å². The molecule has 0 aromatic heterocycles. The molecule has 0 radical (unpaired) electrons. The Kier molecular flexibility index (Phi) is 6.01. The number of carbonyl (C=O) groups excluding carboxylic acids is 1. The number of carbonyl (C=O) groups is 1. The standard InChI is InChI=1S/C18H20FNO4/c1-12(13-4-6-14(19)7-5-13)20-18(21)11-24-17-9-15(22-2)8-16(10-17)23-3/h4-10,12H,11H2,1-3H3,(H,20,21)/t12-/m1/s1. The summed E-state index contributed by atoms with van der Waals surface area (Å²) in [4.78, 5) is 12.0. The van der Waals surface area contributed by atoms with Gasteiger partial charge >= 0.3 is 0 Å². The third kappa shape index (κ3) is 4.87. The van der Waals surface area contributed by atoms with Crippen LogP contribution in [0.25, 0.3) is 0 Å². The van der Waals surface area contributed by atoms with E-state index < -0.39 is 0 Å². The minimum absolute atomic E-state index is 0.151. The van der Waals surface area contributed by atoms with Crippen molar-refractivity contribution in [3.8, 4) is 17.2 Å². The Morgan fingerprint density at radius 3 is 2.12 bits per heavy atom. The van der Waals surface area contributed by atoms with Gasteiger partial charge in [0.1, 0.15) is 23.1 Å². The molecule has 0 bridgehead atoms. The molecule has 0 aliphatic carbocycles. The highest BCUT2D eigenvalue weighted by atomic mass is 19.1. The molecule has 0 heterocycles. The normalized spacial score (nSPS) is 11.5. The number of hydrogen-bond acceptors (Lipinski definition) is 4. The number of amides is 1. The molecule has 6 heteroatoms. The van der Waals surface area contributed by atoms with Gasteiger partial charge in [0.25, 0.3) is 5.91 Å². The van der Waals surface area contributed by atoms with E-state index in [1.807, 2.05) is 6.92 Å². The number of hydrogen-bond donors (Lipinski definition) is 1. The zero-order valence-corrected chi connectivity index (χ0v) is 13.8. The highest BCUT2D eigenvalue weighted by molar-refractivity contribution is 5.78. The molecule has 2 aromatic rings. The van der Waals surface area contributed by atoms with E-state index in [-0.39, 0.29) is 24.4 Å². The Morgan fingerprint density at radius 2 is 1.58 bits per heavy atom. The van der Waals surface area contributed by atoms with Crippen LogP contribution in [0, 0.1) is 5.82 Å². The van der Waals surface area contributed by atoms with E-state index in [4.69, 9.17) is 14.2 Å². The summed E-state index contributed by atoms with van der Waals surface area (Å²) in [5, 5.41) is 2.79. The van der Waals surface area contributed by atoms with Gasteiger partial charge in [0.2, 0.25) is 0 Å². The maximum absolute atomic E-state index is 12.9. The highest BCUT2D eigenvalue weighted by Gasteiger charge is 2.11. The molecule has 1 atom stereocenters. The summed E-state index contributed by atoms with van der Waals surface area (Å²) < 4.78 is 28.7. The van der Waals surface area contributed by atoms with Gasteiger partial charge in [-0.05, 0) is 24.6 Å². The largest absolute Gasteiger partial charge is 0.496 e. The van der Waals surface area contributed by atoms with Crippen LogP contribution in [0.5, 0.6) is 17.2 Å². The number of methoxy groups -OCH3 is 2. The second kappa shape index (κ2) is 8.19. The second-order valence-electron chi connectivity index (χ2n) is 5.18. The van der Waals surface area contributed by atoms with E-state index in [9.17, 15) is 9.18 Å². The smallest absolute Gasteiger partial charge is 0.258 e. The predicted molar refractivity (Wildman–Crippen MR) is 88.0 cm³/mol. The van der Waals surface area contributed by atoms with Crippen LogP contribution < -0.4 is 19.5 Å². The van der Waals surface area contributed by atoms with Crippen LogP contribution in [0.4, 0.5) is 4.39 Å². The fourth-order valence-corrected chi connectivity index (χ4v) is 2.13. The molecular formula is C18H20FNO4. The predicted octanol–water partition coefficient (Wildman–Crippen LogP) is 3.10. The van der Waals surface area contributed by atoms with Gasteiger partial charge in [0.15, 0.2) is 6.61 Å². The van der Waals surface area contributed by atoms with Gasteiger partial charge in [-0.1, -0.05) is 12.1 Å². The Morgan fingerprint density at radius 1 is 1.04 bits per heavy atom. The average Bonchev–Trinajstić information content (AvgIpc) is 2.60. The van der Waals surface area contributed by atoms with Crippen molar-refractivity contribution < 1.29 is 23.4 Å².